The minimum atomic E-state index is 0.567. The van der Waals surface area contributed by atoms with Gasteiger partial charge < -0.3 is 19.5 Å². The van der Waals surface area contributed by atoms with E-state index in [1.165, 1.54) is 68.6 Å². The number of nitrogens with zero attached hydrogens (tertiary/aromatic N) is 3. The zero-order valence-corrected chi connectivity index (χ0v) is 16.3. The van der Waals surface area contributed by atoms with Crippen molar-refractivity contribution in [2.24, 2.45) is 5.92 Å². The van der Waals surface area contributed by atoms with E-state index in [4.69, 9.17) is 9.72 Å². The Morgan fingerprint density at radius 3 is 2.63 bits per heavy atom. The molecule has 5 heteroatoms. The van der Waals surface area contributed by atoms with Crippen LogP contribution in [0.5, 0.6) is 0 Å². The summed E-state index contributed by atoms with van der Waals surface area (Å²) in [6, 6.07) is 9.32. The van der Waals surface area contributed by atoms with E-state index in [9.17, 15) is 0 Å². The van der Waals surface area contributed by atoms with E-state index in [0.29, 0.717) is 12.0 Å². The lowest BCUT2D eigenvalue weighted by molar-refractivity contribution is 0.0472. The lowest BCUT2D eigenvalue weighted by atomic mass is 9.97. The molecule has 0 saturated carbocycles. The average Bonchev–Trinajstić information content (AvgIpc) is 3.37. The van der Waals surface area contributed by atoms with Gasteiger partial charge in [-0.2, -0.15) is 0 Å². The normalized spacial score (nSPS) is 26.1. The largest absolute Gasteiger partial charge is 0.381 e. The average molecular weight is 369 g/mol. The van der Waals surface area contributed by atoms with Gasteiger partial charge in [0.05, 0.1) is 11.0 Å². The molecule has 3 fully saturated rings. The van der Waals surface area contributed by atoms with Crippen molar-refractivity contribution in [2.45, 2.75) is 44.1 Å². The number of ether oxygens (including phenoxy) is 1. The van der Waals surface area contributed by atoms with Crippen molar-refractivity contribution in [3.8, 4) is 0 Å². The van der Waals surface area contributed by atoms with Gasteiger partial charge in [-0.25, -0.2) is 4.98 Å². The summed E-state index contributed by atoms with van der Waals surface area (Å²) in [4.78, 5) is 7.77. The Morgan fingerprint density at radius 2 is 1.85 bits per heavy atom. The van der Waals surface area contributed by atoms with E-state index >= 15 is 0 Å². The highest BCUT2D eigenvalue weighted by molar-refractivity contribution is 5.76. The highest BCUT2D eigenvalue weighted by atomic mass is 16.5. The minimum Gasteiger partial charge on any atom is -0.381 e. The van der Waals surface area contributed by atoms with Crippen LogP contribution in [0.15, 0.2) is 24.3 Å². The first kappa shape index (κ1) is 17.7. The minimum absolute atomic E-state index is 0.567. The zero-order valence-electron chi connectivity index (χ0n) is 16.3. The number of hydrogen-bond donors (Lipinski definition) is 1. The molecule has 1 atom stereocenters. The third-order valence-electron chi connectivity index (χ3n) is 6.83. The molecule has 0 unspecified atom stereocenters. The number of para-hydroxylation sites is 2. The van der Waals surface area contributed by atoms with Gasteiger partial charge in [0, 0.05) is 51.4 Å². The Bertz CT molecular complexity index is 753. The topological polar surface area (TPSA) is 42.3 Å². The molecule has 3 aliphatic heterocycles. The molecule has 1 aromatic carbocycles. The summed E-state index contributed by atoms with van der Waals surface area (Å²) in [6.07, 6.45) is 6.19. The van der Waals surface area contributed by atoms with Crippen LogP contribution in [0.4, 0.5) is 0 Å². The number of hydrogen-bond acceptors (Lipinski definition) is 4. The van der Waals surface area contributed by atoms with E-state index in [-0.39, 0.29) is 0 Å². The summed E-state index contributed by atoms with van der Waals surface area (Å²) in [6.45, 7) is 7.82. The van der Waals surface area contributed by atoms with Crippen molar-refractivity contribution in [1.29, 1.82) is 0 Å². The molecule has 0 radical (unpaired) electrons. The van der Waals surface area contributed by atoms with Crippen molar-refractivity contribution in [1.82, 2.24) is 19.8 Å². The lowest BCUT2D eigenvalue weighted by Crippen LogP contribution is -2.39. The molecular formula is C22H32N4O. The molecule has 3 saturated heterocycles. The van der Waals surface area contributed by atoms with Crippen LogP contribution in [-0.4, -0.2) is 60.4 Å². The van der Waals surface area contributed by atoms with E-state index in [1.54, 1.807) is 0 Å². The Kier molecular flexibility index (Phi) is 5.16. The number of benzene rings is 1. The maximum atomic E-state index is 5.52. The van der Waals surface area contributed by atoms with E-state index in [0.717, 1.165) is 32.2 Å². The van der Waals surface area contributed by atoms with Crippen LogP contribution >= 0.6 is 0 Å². The van der Waals surface area contributed by atoms with Crippen molar-refractivity contribution >= 4 is 11.0 Å². The summed E-state index contributed by atoms with van der Waals surface area (Å²) in [7, 11) is 0. The van der Waals surface area contributed by atoms with Crippen LogP contribution in [0.25, 0.3) is 11.0 Å². The smallest absolute Gasteiger partial charge is 0.114 e. The number of aromatic nitrogens is 2. The molecule has 27 heavy (non-hydrogen) atoms. The van der Waals surface area contributed by atoms with Crippen LogP contribution in [0.3, 0.4) is 0 Å². The first-order valence-electron chi connectivity index (χ1n) is 10.9. The molecule has 0 aliphatic carbocycles. The highest BCUT2D eigenvalue weighted by Crippen LogP contribution is 2.34. The summed E-state index contributed by atoms with van der Waals surface area (Å²) in [5.74, 6) is 2.73. The van der Waals surface area contributed by atoms with Crippen LogP contribution in [0.2, 0.25) is 0 Å². The van der Waals surface area contributed by atoms with Gasteiger partial charge in [-0.3, -0.25) is 0 Å². The van der Waals surface area contributed by atoms with Gasteiger partial charge in [0.1, 0.15) is 5.82 Å². The van der Waals surface area contributed by atoms with Gasteiger partial charge >= 0.3 is 0 Å². The summed E-state index contributed by atoms with van der Waals surface area (Å²) in [5, 5.41) is 3.53. The molecule has 146 valence electrons. The van der Waals surface area contributed by atoms with Crippen molar-refractivity contribution < 1.29 is 4.74 Å². The van der Waals surface area contributed by atoms with Crippen LogP contribution in [0.1, 0.15) is 49.9 Å². The molecule has 0 bridgehead atoms. The lowest BCUT2D eigenvalue weighted by Gasteiger charge is -2.36. The first-order valence-corrected chi connectivity index (χ1v) is 10.9. The molecular weight excluding hydrogens is 336 g/mol. The fourth-order valence-corrected chi connectivity index (χ4v) is 5.26. The Hall–Kier alpha value is -1.43. The second-order valence-electron chi connectivity index (χ2n) is 8.61. The number of piperidine rings is 1. The second-order valence-corrected chi connectivity index (χ2v) is 8.61. The summed E-state index contributed by atoms with van der Waals surface area (Å²) in [5.41, 5.74) is 2.51. The Balaban J connectivity index is 1.32. The third kappa shape index (κ3) is 3.65. The van der Waals surface area contributed by atoms with Gasteiger partial charge in [0.15, 0.2) is 0 Å². The predicted octanol–water partition coefficient (Wildman–Crippen LogP) is 3.18. The summed E-state index contributed by atoms with van der Waals surface area (Å²) >= 11 is 0. The van der Waals surface area contributed by atoms with Crippen molar-refractivity contribution in [3.05, 3.63) is 30.1 Å². The molecule has 0 amide bonds. The number of fused-ring (bicyclic) bond motifs is 1. The van der Waals surface area contributed by atoms with E-state index < -0.39 is 0 Å². The molecule has 1 N–H and O–H groups in total. The van der Waals surface area contributed by atoms with Crippen LogP contribution < -0.4 is 5.32 Å². The fraction of sp³-hybridized carbons (Fsp3) is 0.682. The molecule has 2 aromatic rings. The third-order valence-corrected chi connectivity index (χ3v) is 6.83. The van der Waals surface area contributed by atoms with Crippen molar-refractivity contribution in [3.63, 3.8) is 0 Å². The molecule has 4 heterocycles. The first-order chi connectivity index (χ1) is 13.4. The molecule has 5 rings (SSSR count). The molecule has 5 nitrogen and oxygen atoms in total. The van der Waals surface area contributed by atoms with Gasteiger partial charge in [0.2, 0.25) is 0 Å². The monoisotopic (exact) mass is 368 g/mol. The van der Waals surface area contributed by atoms with Gasteiger partial charge in [-0.1, -0.05) is 12.1 Å². The van der Waals surface area contributed by atoms with Gasteiger partial charge in [0.25, 0.3) is 0 Å². The second kappa shape index (κ2) is 7.90. The maximum absolute atomic E-state index is 5.52. The van der Waals surface area contributed by atoms with Gasteiger partial charge in [-0.05, 0) is 56.7 Å². The SMILES string of the molecule is c1ccc2c(c1)nc([C@@H]1CCNC1)n2C1CCN(CC2CCOCC2)CC1. The number of rotatable bonds is 4. The quantitative estimate of drug-likeness (QED) is 0.900. The van der Waals surface area contributed by atoms with E-state index in [2.05, 4.69) is 39.0 Å². The van der Waals surface area contributed by atoms with Gasteiger partial charge in [-0.15, -0.1) is 0 Å². The zero-order chi connectivity index (χ0) is 18.1. The standard InChI is InChI=1S/C22H32N4O/c1-2-4-21-20(3-1)24-22(18-5-10-23-15-18)26(21)19-6-11-25(12-7-19)16-17-8-13-27-14-9-17/h1-4,17-19,23H,5-16H2/t18-/m1/s1. The number of nitrogens with one attached hydrogen (secondary N) is 1. The maximum Gasteiger partial charge on any atom is 0.114 e. The highest BCUT2D eigenvalue weighted by Gasteiger charge is 2.29. The number of imidazole rings is 1. The Labute approximate surface area is 162 Å². The fourth-order valence-electron chi connectivity index (χ4n) is 5.26. The molecule has 3 aliphatic rings. The molecule has 0 spiro atoms. The van der Waals surface area contributed by atoms with Crippen molar-refractivity contribution in [2.75, 3.05) is 45.9 Å². The van der Waals surface area contributed by atoms with E-state index in [1.807, 2.05) is 0 Å². The number of likely N-dealkylation sites (tertiary alicyclic amines) is 1. The summed E-state index contributed by atoms with van der Waals surface area (Å²) < 4.78 is 8.13. The van der Waals surface area contributed by atoms with Crippen LogP contribution in [-0.2, 0) is 4.74 Å². The Morgan fingerprint density at radius 1 is 1.04 bits per heavy atom. The molecule has 1 aromatic heterocycles. The predicted molar refractivity (Wildman–Crippen MR) is 108 cm³/mol. The van der Waals surface area contributed by atoms with Crippen LogP contribution in [0, 0.1) is 5.92 Å².